The molecule has 0 atom stereocenters. The van der Waals surface area contributed by atoms with Crippen LogP contribution in [0.25, 0.3) is 0 Å². The summed E-state index contributed by atoms with van der Waals surface area (Å²) in [5.74, 6) is -0.956. The molecule has 1 fully saturated rings. The van der Waals surface area contributed by atoms with Crippen molar-refractivity contribution in [2.24, 2.45) is 0 Å². The first-order valence-electron chi connectivity index (χ1n) is 10.9. The standard InChI is InChI=1S/C25H30N2O5/c1-16-9-11-20(13-17(16)2)26-23(28)15-32-21-12-10-18(14-22(21)31-3)24(29)25(30)27-19-7-5-4-6-8-19/h9-14,19H,4-8,15H2,1-3H3,(H,26,28)(H,27,30). The second-order valence-corrected chi connectivity index (χ2v) is 8.14. The Kier molecular flexibility index (Phi) is 7.87. The van der Waals surface area contributed by atoms with Gasteiger partial charge in [0.05, 0.1) is 7.11 Å². The predicted molar refractivity (Wildman–Crippen MR) is 122 cm³/mol. The lowest BCUT2D eigenvalue weighted by Crippen LogP contribution is -2.40. The Labute approximate surface area is 188 Å². The van der Waals surface area contributed by atoms with Crippen molar-refractivity contribution in [3.63, 3.8) is 0 Å². The number of rotatable bonds is 8. The molecule has 0 heterocycles. The normalized spacial score (nSPS) is 13.8. The van der Waals surface area contributed by atoms with E-state index in [1.54, 1.807) is 0 Å². The van der Waals surface area contributed by atoms with Gasteiger partial charge in [-0.05, 0) is 68.1 Å². The summed E-state index contributed by atoms with van der Waals surface area (Å²) in [7, 11) is 1.44. The average molecular weight is 439 g/mol. The zero-order valence-corrected chi connectivity index (χ0v) is 18.8. The van der Waals surface area contributed by atoms with Gasteiger partial charge in [-0.3, -0.25) is 14.4 Å². The summed E-state index contributed by atoms with van der Waals surface area (Å²) in [6, 6.07) is 10.2. The van der Waals surface area contributed by atoms with E-state index in [0.717, 1.165) is 36.8 Å². The largest absolute Gasteiger partial charge is 0.493 e. The number of Topliss-reactive ketones (excluding diaryl/α,β-unsaturated/α-hetero) is 1. The van der Waals surface area contributed by atoms with Gasteiger partial charge in [-0.1, -0.05) is 25.3 Å². The van der Waals surface area contributed by atoms with E-state index in [-0.39, 0.29) is 29.9 Å². The number of nitrogens with one attached hydrogen (secondary N) is 2. The molecule has 2 aromatic carbocycles. The minimum Gasteiger partial charge on any atom is -0.493 e. The molecular weight excluding hydrogens is 408 g/mol. The third kappa shape index (κ3) is 6.09. The van der Waals surface area contributed by atoms with Crippen molar-refractivity contribution in [1.82, 2.24) is 5.32 Å². The average Bonchev–Trinajstić information content (AvgIpc) is 2.80. The maximum Gasteiger partial charge on any atom is 0.292 e. The fourth-order valence-electron chi connectivity index (χ4n) is 3.72. The first-order valence-corrected chi connectivity index (χ1v) is 10.9. The van der Waals surface area contributed by atoms with Crippen LogP contribution in [0, 0.1) is 13.8 Å². The van der Waals surface area contributed by atoms with E-state index < -0.39 is 11.7 Å². The number of methoxy groups -OCH3 is 1. The number of aryl methyl sites for hydroxylation is 2. The van der Waals surface area contributed by atoms with Crippen LogP contribution in [0.15, 0.2) is 36.4 Å². The van der Waals surface area contributed by atoms with Crippen molar-refractivity contribution >= 4 is 23.3 Å². The van der Waals surface area contributed by atoms with E-state index in [2.05, 4.69) is 10.6 Å². The Hall–Kier alpha value is -3.35. The van der Waals surface area contributed by atoms with Crippen LogP contribution in [0.2, 0.25) is 0 Å². The van der Waals surface area contributed by atoms with Crippen LogP contribution < -0.4 is 20.1 Å². The van der Waals surface area contributed by atoms with Crippen LogP contribution in [0.4, 0.5) is 5.69 Å². The monoisotopic (exact) mass is 438 g/mol. The van der Waals surface area contributed by atoms with Crippen molar-refractivity contribution in [1.29, 1.82) is 0 Å². The first kappa shape index (κ1) is 23.3. The number of ether oxygens (including phenoxy) is 2. The van der Waals surface area contributed by atoms with E-state index in [4.69, 9.17) is 9.47 Å². The Morgan fingerprint density at radius 2 is 1.69 bits per heavy atom. The molecule has 1 aliphatic rings. The topological polar surface area (TPSA) is 93.7 Å². The molecule has 2 aromatic rings. The zero-order chi connectivity index (χ0) is 23.1. The molecule has 1 aliphatic carbocycles. The molecule has 0 radical (unpaired) electrons. The van der Waals surface area contributed by atoms with Gasteiger partial charge in [0.15, 0.2) is 18.1 Å². The van der Waals surface area contributed by atoms with Crippen molar-refractivity contribution in [3.05, 3.63) is 53.1 Å². The molecule has 0 aliphatic heterocycles. The van der Waals surface area contributed by atoms with Crippen molar-refractivity contribution in [2.75, 3.05) is 19.0 Å². The molecule has 0 saturated heterocycles. The third-order valence-corrected chi connectivity index (χ3v) is 5.72. The van der Waals surface area contributed by atoms with E-state index in [1.807, 2.05) is 32.0 Å². The number of hydrogen-bond acceptors (Lipinski definition) is 5. The summed E-state index contributed by atoms with van der Waals surface area (Å²) in [4.78, 5) is 37.1. The molecular formula is C25H30N2O5. The number of hydrogen-bond donors (Lipinski definition) is 2. The van der Waals surface area contributed by atoms with E-state index in [0.29, 0.717) is 11.4 Å². The number of carbonyl (C=O) groups is 3. The summed E-state index contributed by atoms with van der Waals surface area (Å²) < 4.78 is 10.9. The summed E-state index contributed by atoms with van der Waals surface area (Å²) in [6.45, 7) is 3.76. The first-order chi connectivity index (χ1) is 15.4. The highest BCUT2D eigenvalue weighted by molar-refractivity contribution is 6.42. The third-order valence-electron chi connectivity index (χ3n) is 5.72. The molecule has 0 spiro atoms. The highest BCUT2D eigenvalue weighted by Gasteiger charge is 2.22. The van der Waals surface area contributed by atoms with E-state index >= 15 is 0 Å². The molecule has 2 amide bonds. The summed E-state index contributed by atoms with van der Waals surface area (Å²) in [5, 5.41) is 5.62. The predicted octanol–water partition coefficient (Wildman–Crippen LogP) is 3.96. The molecule has 7 nitrogen and oxygen atoms in total. The molecule has 32 heavy (non-hydrogen) atoms. The number of anilines is 1. The van der Waals surface area contributed by atoms with Gasteiger partial charge in [-0.2, -0.15) is 0 Å². The minimum absolute atomic E-state index is 0.0560. The SMILES string of the molecule is COc1cc(C(=O)C(=O)NC2CCCCC2)ccc1OCC(=O)Nc1ccc(C)c(C)c1. The van der Waals surface area contributed by atoms with Crippen molar-refractivity contribution in [2.45, 2.75) is 52.0 Å². The number of carbonyl (C=O) groups excluding carboxylic acids is 3. The molecule has 2 N–H and O–H groups in total. The van der Waals surface area contributed by atoms with Gasteiger partial charge in [-0.25, -0.2) is 0 Å². The number of ketones is 1. The second kappa shape index (κ2) is 10.8. The van der Waals surface area contributed by atoms with Gasteiger partial charge >= 0.3 is 0 Å². The Morgan fingerprint density at radius 3 is 2.38 bits per heavy atom. The van der Waals surface area contributed by atoms with Gasteiger partial charge in [0, 0.05) is 17.3 Å². The molecule has 170 valence electrons. The van der Waals surface area contributed by atoms with Gasteiger partial charge in [-0.15, -0.1) is 0 Å². The van der Waals surface area contributed by atoms with E-state index in [1.165, 1.54) is 31.7 Å². The molecule has 0 unspecified atom stereocenters. The second-order valence-electron chi connectivity index (χ2n) is 8.14. The van der Waals surface area contributed by atoms with Gasteiger partial charge in [0.1, 0.15) is 0 Å². The smallest absolute Gasteiger partial charge is 0.292 e. The van der Waals surface area contributed by atoms with Crippen LogP contribution in [-0.4, -0.2) is 37.4 Å². The fraction of sp³-hybridized carbons (Fsp3) is 0.400. The number of amides is 2. The molecule has 0 bridgehead atoms. The van der Waals surface area contributed by atoms with Gasteiger partial charge in [0.2, 0.25) is 5.78 Å². The van der Waals surface area contributed by atoms with Crippen LogP contribution in [0.1, 0.15) is 53.6 Å². The molecule has 1 saturated carbocycles. The Bertz CT molecular complexity index is 996. The lowest BCUT2D eigenvalue weighted by atomic mass is 9.95. The Morgan fingerprint density at radius 1 is 0.938 bits per heavy atom. The lowest BCUT2D eigenvalue weighted by molar-refractivity contribution is -0.118. The van der Waals surface area contributed by atoms with Crippen LogP contribution in [-0.2, 0) is 9.59 Å². The van der Waals surface area contributed by atoms with E-state index in [9.17, 15) is 14.4 Å². The molecule has 0 aromatic heterocycles. The Balaban J connectivity index is 1.59. The maximum absolute atomic E-state index is 12.5. The van der Waals surface area contributed by atoms with Crippen LogP contribution in [0.3, 0.4) is 0 Å². The highest BCUT2D eigenvalue weighted by atomic mass is 16.5. The zero-order valence-electron chi connectivity index (χ0n) is 18.8. The summed E-state index contributed by atoms with van der Waals surface area (Å²) in [6.07, 6.45) is 5.10. The quantitative estimate of drug-likeness (QED) is 0.481. The molecule has 7 heteroatoms. The highest BCUT2D eigenvalue weighted by Crippen LogP contribution is 2.28. The van der Waals surface area contributed by atoms with Crippen LogP contribution >= 0.6 is 0 Å². The minimum atomic E-state index is -0.618. The lowest BCUT2D eigenvalue weighted by Gasteiger charge is -2.22. The van der Waals surface area contributed by atoms with Crippen LogP contribution in [0.5, 0.6) is 11.5 Å². The summed E-state index contributed by atoms with van der Waals surface area (Å²) in [5.41, 5.74) is 3.13. The van der Waals surface area contributed by atoms with Gasteiger partial charge < -0.3 is 20.1 Å². The van der Waals surface area contributed by atoms with Gasteiger partial charge in [0.25, 0.3) is 11.8 Å². The van der Waals surface area contributed by atoms with Crippen molar-refractivity contribution in [3.8, 4) is 11.5 Å². The number of benzene rings is 2. The molecule has 3 rings (SSSR count). The fourth-order valence-corrected chi connectivity index (χ4v) is 3.72. The maximum atomic E-state index is 12.5. The van der Waals surface area contributed by atoms with Crippen molar-refractivity contribution < 1.29 is 23.9 Å². The summed E-state index contributed by atoms with van der Waals surface area (Å²) >= 11 is 0.